The number of unbranched alkanes of at least 4 members (excludes halogenated alkanes) is 1. The molecule has 0 fully saturated rings. The van der Waals surface area contributed by atoms with E-state index >= 15 is 0 Å². The molecule has 0 aliphatic heterocycles. The number of aliphatic carboxylic acids is 1. The first-order valence-corrected chi connectivity index (χ1v) is 5.24. The Bertz CT molecular complexity index is 397. The molecule has 0 saturated heterocycles. The predicted octanol–water partition coefficient (Wildman–Crippen LogP) is 3.48. The highest BCUT2D eigenvalue weighted by Crippen LogP contribution is 2.16. The Morgan fingerprint density at radius 2 is 2.25 bits per heavy atom. The zero-order valence-corrected chi connectivity index (χ0v) is 9.24. The van der Waals surface area contributed by atoms with Crippen LogP contribution in [0.1, 0.15) is 31.7 Å². The average molecular weight is 222 g/mol. The van der Waals surface area contributed by atoms with Crippen LogP contribution in [-0.2, 0) is 4.79 Å². The molecule has 2 nitrogen and oxygen atoms in total. The number of carbonyl (C=O) groups is 1. The van der Waals surface area contributed by atoms with Gasteiger partial charge >= 0.3 is 5.97 Å². The van der Waals surface area contributed by atoms with E-state index in [4.69, 9.17) is 5.11 Å². The fraction of sp³-hybridized carbons (Fsp3) is 0.308. The topological polar surface area (TPSA) is 37.3 Å². The lowest BCUT2D eigenvalue weighted by Gasteiger charge is -2.01. The Hall–Kier alpha value is -1.64. The molecule has 0 unspecified atom stereocenters. The normalized spacial score (nSPS) is 11.5. The van der Waals surface area contributed by atoms with Gasteiger partial charge in [0, 0.05) is 6.42 Å². The van der Waals surface area contributed by atoms with Crippen molar-refractivity contribution in [2.75, 3.05) is 0 Å². The van der Waals surface area contributed by atoms with Gasteiger partial charge in [0.2, 0.25) is 0 Å². The number of rotatable bonds is 5. The molecule has 1 N–H and O–H groups in total. The highest BCUT2D eigenvalue weighted by Gasteiger charge is 1.98. The quantitative estimate of drug-likeness (QED) is 0.774. The monoisotopic (exact) mass is 222 g/mol. The van der Waals surface area contributed by atoms with Gasteiger partial charge in [-0.2, -0.15) is 0 Å². The van der Waals surface area contributed by atoms with E-state index in [2.05, 4.69) is 0 Å². The van der Waals surface area contributed by atoms with Crippen molar-refractivity contribution in [3.05, 3.63) is 41.7 Å². The Balaban J connectivity index is 2.53. The van der Waals surface area contributed by atoms with Crippen molar-refractivity contribution >= 4 is 11.5 Å². The molecule has 0 radical (unpaired) electrons. The Morgan fingerprint density at radius 1 is 1.50 bits per heavy atom. The molecule has 3 heteroatoms. The van der Waals surface area contributed by atoms with Gasteiger partial charge in [-0.3, -0.25) is 4.79 Å². The number of halogens is 1. The van der Waals surface area contributed by atoms with Crippen molar-refractivity contribution in [2.24, 2.45) is 0 Å². The molecule has 0 heterocycles. The molecule has 86 valence electrons. The minimum Gasteiger partial charge on any atom is -0.481 e. The van der Waals surface area contributed by atoms with Crippen LogP contribution in [0.5, 0.6) is 0 Å². The van der Waals surface area contributed by atoms with Gasteiger partial charge in [0.1, 0.15) is 5.82 Å². The van der Waals surface area contributed by atoms with E-state index in [0.717, 1.165) is 11.1 Å². The summed E-state index contributed by atoms with van der Waals surface area (Å²) in [6.45, 7) is 1.90. The summed E-state index contributed by atoms with van der Waals surface area (Å²) in [6, 6.07) is 6.38. The minimum absolute atomic E-state index is 0.174. The van der Waals surface area contributed by atoms with Gasteiger partial charge in [-0.15, -0.1) is 0 Å². The average Bonchev–Trinajstić information content (AvgIpc) is 2.24. The first-order chi connectivity index (χ1) is 7.59. The third-order valence-electron chi connectivity index (χ3n) is 2.33. The first kappa shape index (κ1) is 12.4. The maximum atomic E-state index is 12.9. The summed E-state index contributed by atoms with van der Waals surface area (Å²) >= 11 is 0. The molecule has 0 aliphatic rings. The molecule has 0 atom stereocenters. The van der Waals surface area contributed by atoms with Gasteiger partial charge in [-0.1, -0.05) is 18.2 Å². The summed E-state index contributed by atoms with van der Waals surface area (Å²) in [6.07, 6.45) is 3.43. The number of allylic oxidation sites excluding steroid dienone is 2. The molecular formula is C13H15FO2. The van der Waals surface area contributed by atoms with E-state index in [1.54, 1.807) is 6.07 Å². The molecule has 1 aromatic rings. The maximum Gasteiger partial charge on any atom is 0.303 e. The zero-order valence-electron chi connectivity index (χ0n) is 9.24. The van der Waals surface area contributed by atoms with Gasteiger partial charge in [-0.25, -0.2) is 4.39 Å². The summed E-state index contributed by atoms with van der Waals surface area (Å²) in [4.78, 5) is 10.3. The Morgan fingerprint density at radius 3 is 2.88 bits per heavy atom. The third kappa shape index (κ3) is 4.26. The second kappa shape index (κ2) is 6.05. The first-order valence-electron chi connectivity index (χ1n) is 5.24. The lowest BCUT2D eigenvalue weighted by atomic mass is 10.1. The van der Waals surface area contributed by atoms with Crippen LogP contribution in [0.3, 0.4) is 0 Å². The van der Waals surface area contributed by atoms with Gasteiger partial charge in [0.15, 0.2) is 0 Å². The molecule has 1 aromatic carbocycles. The molecule has 0 saturated carbocycles. The second-order valence-electron chi connectivity index (χ2n) is 3.68. The van der Waals surface area contributed by atoms with Crippen LogP contribution in [0.25, 0.3) is 5.57 Å². The molecule has 0 aromatic heterocycles. The number of carboxylic acid groups (broad SMARTS) is 1. The smallest absolute Gasteiger partial charge is 0.303 e. The number of carboxylic acids is 1. The van der Waals surface area contributed by atoms with Gasteiger partial charge in [0.05, 0.1) is 0 Å². The van der Waals surface area contributed by atoms with Crippen LogP contribution in [0.4, 0.5) is 4.39 Å². The van der Waals surface area contributed by atoms with Crippen LogP contribution in [0.2, 0.25) is 0 Å². The van der Waals surface area contributed by atoms with Crippen molar-refractivity contribution in [3.63, 3.8) is 0 Å². The summed E-state index contributed by atoms with van der Waals surface area (Å²) < 4.78 is 12.9. The summed E-state index contributed by atoms with van der Waals surface area (Å²) in [5.41, 5.74) is 1.82. The fourth-order valence-corrected chi connectivity index (χ4v) is 1.42. The van der Waals surface area contributed by atoms with Gasteiger partial charge in [0.25, 0.3) is 0 Å². The van der Waals surface area contributed by atoms with Crippen molar-refractivity contribution in [2.45, 2.75) is 26.2 Å². The largest absolute Gasteiger partial charge is 0.481 e. The molecule has 1 rings (SSSR count). The number of hydrogen-bond donors (Lipinski definition) is 1. The maximum absolute atomic E-state index is 12.9. The van der Waals surface area contributed by atoms with E-state index in [1.165, 1.54) is 12.1 Å². The molecular weight excluding hydrogens is 207 g/mol. The summed E-state index contributed by atoms with van der Waals surface area (Å²) in [7, 11) is 0. The SMILES string of the molecule is C/C(=C\CCCC(=O)O)c1cccc(F)c1. The highest BCUT2D eigenvalue weighted by atomic mass is 19.1. The van der Waals surface area contributed by atoms with Crippen LogP contribution in [0.15, 0.2) is 30.3 Å². The molecule has 0 spiro atoms. The number of hydrogen-bond acceptors (Lipinski definition) is 1. The van der Waals surface area contributed by atoms with Crippen LogP contribution < -0.4 is 0 Å². The van der Waals surface area contributed by atoms with E-state index in [-0.39, 0.29) is 12.2 Å². The van der Waals surface area contributed by atoms with Crippen molar-refractivity contribution < 1.29 is 14.3 Å². The minimum atomic E-state index is -0.781. The van der Waals surface area contributed by atoms with Gasteiger partial charge in [-0.05, 0) is 43.0 Å². The van der Waals surface area contributed by atoms with Crippen LogP contribution in [0, 0.1) is 5.82 Å². The van der Waals surface area contributed by atoms with Crippen LogP contribution >= 0.6 is 0 Å². The van der Waals surface area contributed by atoms with Gasteiger partial charge < -0.3 is 5.11 Å². The van der Waals surface area contributed by atoms with E-state index in [1.807, 2.05) is 19.1 Å². The second-order valence-corrected chi connectivity index (χ2v) is 3.68. The lowest BCUT2D eigenvalue weighted by molar-refractivity contribution is -0.137. The number of benzene rings is 1. The van der Waals surface area contributed by atoms with E-state index in [9.17, 15) is 9.18 Å². The van der Waals surface area contributed by atoms with Crippen molar-refractivity contribution in [3.8, 4) is 0 Å². The molecule has 16 heavy (non-hydrogen) atoms. The van der Waals surface area contributed by atoms with Crippen molar-refractivity contribution in [1.29, 1.82) is 0 Å². The molecule has 0 amide bonds. The zero-order chi connectivity index (χ0) is 12.0. The van der Waals surface area contributed by atoms with E-state index in [0.29, 0.717) is 12.8 Å². The fourth-order valence-electron chi connectivity index (χ4n) is 1.42. The van der Waals surface area contributed by atoms with Crippen molar-refractivity contribution in [1.82, 2.24) is 0 Å². The standard InChI is InChI=1S/C13H15FO2/c1-10(5-2-3-8-13(15)16)11-6-4-7-12(14)9-11/h4-7,9H,2-3,8H2,1H3,(H,15,16)/b10-5+. The Kier molecular flexibility index (Phi) is 4.70. The van der Waals surface area contributed by atoms with Crippen LogP contribution in [-0.4, -0.2) is 11.1 Å². The molecule has 0 aliphatic carbocycles. The predicted molar refractivity (Wildman–Crippen MR) is 61.5 cm³/mol. The summed E-state index contributed by atoms with van der Waals surface area (Å²) in [5, 5.41) is 8.46. The summed E-state index contributed by atoms with van der Waals surface area (Å²) in [5.74, 6) is -1.03. The Labute approximate surface area is 94.4 Å². The third-order valence-corrected chi connectivity index (χ3v) is 2.33. The van der Waals surface area contributed by atoms with E-state index < -0.39 is 5.97 Å². The molecule has 0 bridgehead atoms. The lowest BCUT2D eigenvalue weighted by Crippen LogP contribution is -1.92. The highest BCUT2D eigenvalue weighted by molar-refractivity contribution is 5.67.